The molecular weight excluding hydrogens is 333 g/mol. The van der Waals surface area contributed by atoms with Crippen LogP contribution in [0.3, 0.4) is 0 Å². The summed E-state index contributed by atoms with van der Waals surface area (Å²) < 4.78 is 20.3. The Morgan fingerprint density at radius 3 is 2.69 bits per heavy atom. The Morgan fingerprint density at radius 2 is 2.08 bits per heavy atom. The lowest BCUT2D eigenvalue weighted by molar-refractivity contribution is 0.0619. The van der Waals surface area contributed by atoms with Crippen molar-refractivity contribution in [3.63, 3.8) is 0 Å². The molecule has 1 aliphatic rings. The van der Waals surface area contributed by atoms with Crippen molar-refractivity contribution in [2.45, 2.75) is 51.6 Å². The number of carbonyl (C=O) groups excluding carboxylic acids is 1. The van der Waals surface area contributed by atoms with E-state index in [4.69, 9.17) is 4.74 Å². The van der Waals surface area contributed by atoms with Crippen molar-refractivity contribution >= 4 is 5.91 Å². The van der Waals surface area contributed by atoms with E-state index in [1.165, 1.54) is 12.1 Å². The second-order valence-electron chi connectivity index (χ2n) is 7.84. The summed E-state index contributed by atoms with van der Waals surface area (Å²) in [5.41, 5.74) is 2.09. The molecule has 0 radical (unpaired) electrons. The van der Waals surface area contributed by atoms with Gasteiger partial charge in [0.1, 0.15) is 11.5 Å². The van der Waals surface area contributed by atoms with E-state index in [0.717, 1.165) is 30.7 Å². The molecule has 2 heterocycles. The topological polar surface area (TPSA) is 56.1 Å². The zero-order valence-corrected chi connectivity index (χ0v) is 15.6. The van der Waals surface area contributed by atoms with Gasteiger partial charge in [-0.25, -0.2) is 4.39 Å². The minimum Gasteiger partial charge on any atom is -0.379 e. The molecule has 0 spiro atoms. The molecule has 1 saturated heterocycles. The van der Waals surface area contributed by atoms with E-state index in [-0.39, 0.29) is 23.2 Å². The van der Waals surface area contributed by atoms with Gasteiger partial charge in [0.2, 0.25) is 0 Å². The average molecular weight is 359 g/mol. The first-order chi connectivity index (χ1) is 12.3. The third kappa shape index (κ3) is 4.49. The Balaban J connectivity index is 1.85. The molecule has 1 aromatic carbocycles. The van der Waals surface area contributed by atoms with E-state index >= 15 is 0 Å². The summed E-state index contributed by atoms with van der Waals surface area (Å²) in [7, 11) is 0. The van der Waals surface area contributed by atoms with Crippen molar-refractivity contribution in [2.24, 2.45) is 0 Å². The van der Waals surface area contributed by atoms with Crippen LogP contribution < -0.4 is 5.32 Å². The van der Waals surface area contributed by atoms with Crippen molar-refractivity contribution < 1.29 is 13.9 Å². The number of benzene rings is 1. The molecule has 1 unspecified atom stereocenters. The van der Waals surface area contributed by atoms with Crippen molar-refractivity contribution in [2.75, 3.05) is 13.2 Å². The highest BCUT2D eigenvalue weighted by atomic mass is 19.1. The summed E-state index contributed by atoms with van der Waals surface area (Å²) in [6.07, 6.45) is 1.87. The van der Waals surface area contributed by atoms with Gasteiger partial charge in [0.05, 0.1) is 24.9 Å². The van der Waals surface area contributed by atoms with Crippen LogP contribution in [-0.4, -0.2) is 34.9 Å². The number of rotatable bonds is 4. The highest BCUT2D eigenvalue weighted by Gasteiger charge is 2.25. The van der Waals surface area contributed by atoms with Crippen LogP contribution >= 0.6 is 0 Å². The fourth-order valence-electron chi connectivity index (χ4n) is 2.96. The lowest BCUT2D eigenvalue weighted by Gasteiger charge is -2.23. The van der Waals surface area contributed by atoms with Gasteiger partial charge >= 0.3 is 0 Å². The third-order valence-corrected chi connectivity index (χ3v) is 4.52. The van der Waals surface area contributed by atoms with Gasteiger partial charge < -0.3 is 10.1 Å². The number of ether oxygens (including phenoxy) is 1. The van der Waals surface area contributed by atoms with Gasteiger partial charge in [-0.1, -0.05) is 32.9 Å². The molecule has 1 amide bonds. The SMILES string of the molecule is CC(C)(C)c1cc(C(=O)NC2CCCOC2)n(Cc2ccc(F)cc2)n1. The minimum absolute atomic E-state index is 0.0310. The van der Waals surface area contributed by atoms with Crippen molar-refractivity contribution in [3.05, 3.63) is 53.1 Å². The average Bonchev–Trinajstić information content (AvgIpc) is 3.02. The molecule has 1 atom stereocenters. The lowest BCUT2D eigenvalue weighted by Crippen LogP contribution is -2.41. The van der Waals surface area contributed by atoms with Gasteiger partial charge in [-0.05, 0) is 36.6 Å². The molecule has 0 bridgehead atoms. The van der Waals surface area contributed by atoms with E-state index in [2.05, 4.69) is 31.2 Å². The molecule has 1 aliphatic heterocycles. The monoisotopic (exact) mass is 359 g/mol. The third-order valence-electron chi connectivity index (χ3n) is 4.52. The smallest absolute Gasteiger partial charge is 0.269 e. The number of hydrogen-bond donors (Lipinski definition) is 1. The number of hydrogen-bond acceptors (Lipinski definition) is 3. The Morgan fingerprint density at radius 1 is 1.35 bits per heavy atom. The summed E-state index contributed by atoms with van der Waals surface area (Å²) >= 11 is 0. The van der Waals surface area contributed by atoms with Crippen LogP contribution in [-0.2, 0) is 16.7 Å². The van der Waals surface area contributed by atoms with E-state index in [9.17, 15) is 9.18 Å². The number of nitrogens with zero attached hydrogens (tertiary/aromatic N) is 2. The van der Waals surface area contributed by atoms with Crippen LogP contribution in [0.4, 0.5) is 4.39 Å². The van der Waals surface area contributed by atoms with Crippen molar-refractivity contribution in [1.82, 2.24) is 15.1 Å². The van der Waals surface area contributed by atoms with Gasteiger partial charge in [-0.15, -0.1) is 0 Å². The quantitative estimate of drug-likeness (QED) is 0.911. The molecule has 26 heavy (non-hydrogen) atoms. The van der Waals surface area contributed by atoms with Gasteiger partial charge in [0.15, 0.2) is 0 Å². The maximum Gasteiger partial charge on any atom is 0.269 e. The normalized spacial score (nSPS) is 17.9. The van der Waals surface area contributed by atoms with Gasteiger partial charge in [0, 0.05) is 12.0 Å². The van der Waals surface area contributed by atoms with Gasteiger partial charge in [-0.3, -0.25) is 9.48 Å². The van der Waals surface area contributed by atoms with Gasteiger partial charge in [-0.2, -0.15) is 5.10 Å². The standard InChI is InChI=1S/C20H26FN3O2/c1-20(2,3)18-11-17(19(25)22-16-5-4-10-26-13-16)24(23-18)12-14-6-8-15(21)9-7-14/h6-9,11,16H,4-5,10,12-13H2,1-3H3,(H,22,25). The first-order valence-corrected chi connectivity index (χ1v) is 9.04. The van der Waals surface area contributed by atoms with Crippen LogP contribution in [0.15, 0.2) is 30.3 Å². The summed E-state index contributed by atoms with van der Waals surface area (Å²) in [6.45, 7) is 7.91. The molecule has 2 aromatic rings. The molecule has 1 fully saturated rings. The fourth-order valence-corrected chi connectivity index (χ4v) is 2.96. The van der Waals surface area contributed by atoms with E-state index < -0.39 is 0 Å². The predicted octanol–water partition coefficient (Wildman–Crippen LogP) is 3.28. The van der Waals surface area contributed by atoms with Crippen molar-refractivity contribution in [3.8, 4) is 0 Å². The fraction of sp³-hybridized carbons (Fsp3) is 0.500. The van der Waals surface area contributed by atoms with Gasteiger partial charge in [0.25, 0.3) is 5.91 Å². The second-order valence-corrected chi connectivity index (χ2v) is 7.84. The molecule has 1 N–H and O–H groups in total. The molecule has 140 valence electrons. The summed E-state index contributed by atoms with van der Waals surface area (Å²) in [5.74, 6) is -0.425. The summed E-state index contributed by atoms with van der Waals surface area (Å²) in [6, 6.07) is 8.14. The molecular formula is C20H26FN3O2. The van der Waals surface area contributed by atoms with Crippen molar-refractivity contribution in [1.29, 1.82) is 0 Å². The number of carbonyl (C=O) groups is 1. The highest BCUT2D eigenvalue weighted by molar-refractivity contribution is 5.93. The first-order valence-electron chi connectivity index (χ1n) is 9.04. The number of amides is 1. The maximum atomic E-state index is 13.2. The van der Waals surface area contributed by atoms with Crippen LogP contribution in [0, 0.1) is 5.82 Å². The number of nitrogens with one attached hydrogen (secondary N) is 1. The summed E-state index contributed by atoms with van der Waals surface area (Å²) in [5, 5.41) is 7.69. The maximum absolute atomic E-state index is 13.2. The molecule has 1 aromatic heterocycles. The highest BCUT2D eigenvalue weighted by Crippen LogP contribution is 2.22. The predicted molar refractivity (Wildman–Crippen MR) is 97.7 cm³/mol. The van der Waals surface area contributed by atoms with Crippen LogP contribution in [0.5, 0.6) is 0 Å². The van der Waals surface area contributed by atoms with E-state index in [0.29, 0.717) is 18.8 Å². The van der Waals surface area contributed by atoms with Crippen LogP contribution in [0.2, 0.25) is 0 Å². The summed E-state index contributed by atoms with van der Waals surface area (Å²) in [4.78, 5) is 12.8. The second kappa shape index (κ2) is 7.58. The number of aromatic nitrogens is 2. The Kier molecular flexibility index (Phi) is 5.41. The molecule has 0 aliphatic carbocycles. The van der Waals surface area contributed by atoms with E-state index in [1.807, 2.05) is 6.07 Å². The van der Waals surface area contributed by atoms with Crippen LogP contribution in [0.25, 0.3) is 0 Å². The molecule has 0 saturated carbocycles. The molecule has 5 nitrogen and oxygen atoms in total. The zero-order chi connectivity index (χ0) is 18.7. The Labute approximate surface area is 153 Å². The minimum atomic E-state index is -0.278. The zero-order valence-electron chi connectivity index (χ0n) is 15.6. The molecule has 3 rings (SSSR count). The number of halogens is 1. The Hall–Kier alpha value is -2.21. The Bertz CT molecular complexity index is 756. The van der Waals surface area contributed by atoms with E-state index in [1.54, 1.807) is 16.8 Å². The first kappa shape index (κ1) is 18.6. The van der Waals surface area contributed by atoms with Crippen LogP contribution in [0.1, 0.15) is 55.4 Å². The lowest BCUT2D eigenvalue weighted by atomic mass is 9.92. The molecule has 6 heteroatoms. The largest absolute Gasteiger partial charge is 0.379 e.